The first-order valence-electron chi connectivity index (χ1n) is 6.56. The minimum Gasteiger partial charge on any atom is -0.478 e. The number of hydrogen-bond acceptors (Lipinski definition) is 1. The molecule has 0 aromatic rings. The molecule has 3 atom stereocenters. The highest BCUT2D eigenvalue weighted by atomic mass is 16.4. The van der Waals surface area contributed by atoms with Crippen molar-refractivity contribution in [3.63, 3.8) is 0 Å². The summed E-state index contributed by atoms with van der Waals surface area (Å²) in [6.07, 6.45) is 7.87. The van der Waals surface area contributed by atoms with Crippen molar-refractivity contribution < 1.29 is 9.90 Å². The van der Waals surface area contributed by atoms with Crippen molar-refractivity contribution in [2.45, 2.75) is 46.0 Å². The molecule has 0 aliphatic heterocycles. The van der Waals surface area contributed by atoms with Gasteiger partial charge in [-0.15, -0.1) is 0 Å². The van der Waals surface area contributed by atoms with E-state index in [-0.39, 0.29) is 11.3 Å². The van der Waals surface area contributed by atoms with Gasteiger partial charge in [0.15, 0.2) is 0 Å². The summed E-state index contributed by atoms with van der Waals surface area (Å²) in [6, 6.07) is 0. The number of aliphatic carboxylic acids is 1. The van der Waals surface area contributed by atoms with Crippen LogP contribution in [0, 0.1) is 17.3 Å². The van der Waals surface area contributed by atoms with Gasteiger partial charge in [-0.1, -0.05) is 32.1 Å². The number of carboxylic acids is 1. The van der Waals surface area contributed by atoms with Gasteiger partial charge < -0.3 is 5.11 Å². The highest BCUT2D eigenvalue weighted by Crippen LogP contribution is 2.52. The van der Waals surface area contributed by atoms with Gasteiger partial charge in [0, 0.05) is 5.57 Å². The Kier molecular flexibility index (Phi) is 3.15. The Morgan fingerprint density at radius 1 is 1.59 bits per heavy atom. The van der Waals surface area contributed by atoms with E-state index < -0.39 is 5.97 Å². The van der Waals surface area contributed by atoms with Gasteiger partial charge in [-0.2, -0.15) is 0 Å². The third kappa shape index (κ3) is 2.05. The summed E-state index contributed by atoms with van der Waals surface area (Å²) < 4.78 is 0. The van der Waals surface area contributed by atoms with Gasteiger partial charge in [0.1, 0.15) is 0 Å². The van der Waals surface area contributed by atoms with Crippen LogP contribution in [-0.2, 0) is 4.79 Å². The van der Waals surface area contributed by atoms with Gasteiger partial charge in [0.2, 0.25) is 0 Å². The Hall–Kier alpha value is -1.05. The molecule has 2 nitrogen and oxygen atoms in total. The standard InChI is InChI=1S/C15H22O2/c1-10-5-4-6-13-8-7-12(9-15(10,13)3)11(2)14(16)17/h8,10,12H,2,4-7,9H2,1,3H3,(H,16,17)/t10-,12-,15+/m0/s1. The van der Waals surface area contributed by atoms with Crippen molar-refractivity contribution in [1.82, 2.24) is 0 Å². The summed E-state index contributed by atoms with van der Waals surface area (Å²) in [4.78, 5) is 11.0. The fourth-order valence-corrected chi connectivity index (χ4v) is 3.51. The van der Waals surface area contributed by atoms with E-state index in [2.05, 4.69) is 26.5 Å². The molecule has 17 heavy (non-hydrogen) atoms. The molecule has 0 unspecified atom stereocenters. The van der Waals surface area contributed by atoms with Crippen LogP contribution in [0.5, 0.6) is 0 Å². The second kappa shape index (κ2) is 4.32. The van der Waals surface area contributed by atoms with Crippen LogP contribution in [0.15, 0.2) is 23.8 Å². The quantitative estimate of drug-likeness (QED) is 0.583. The van der Waals surface area contributed by atoms with Crippen LogP contribution in [-0.4, -0.2) is 11.1 Å². The van der Waals surface area contributed by atoms with E-state index in [1.165, 1.54) is 19.3 Å². The molecule has 0 saturated heterocycles. The molecule has 2 heteroatoms. The topological polar surface area (TPSA) is 37.3 Å². The van der Waals surface area contributed by atoms with Gasteiger partial charge in [-0.25, -0.2) is 4.79 Å². The van der Waals surface area contributed by atoms with Gasteiger partial charge in [-0.3, -0.25) is 0 Å². The number of hydrogen-bond donors (Lipinski definition) is 1. The van der Waals surface area contributed by atoms with Crippen LogP contribution in [0.1, 0.15) is 46.0 Å². The van der Waals surface area contributed by atoms with Crippen LogP contribution in [0.25, 0.3) is 0 Å². The molecule has 0 aromatic carbocycles. The van der Waals surface area contributed by atoms with E-state index in [9.17, 15) is 4.79 Å². The number of carbonyl (C=O) groups is 1. The van der Waals surface area contributed by atoms with E-state index in [0.717, 1.165) is 12.8 Å². The third-order valence-corrected chi connectivity index (χ3v) is 4.99. The molecular weight excluding hydrogens is 212 g/mol. The molecule has 2 aliphatic rings. The summed E-state index contributed by atoms with van der Waals surface area (Å²) in [6.45, 7) is 8.36. The minimum atomic E-state index is -0.834. The zero-order chi connectivity index (χ0) is 12.6. The summed E-state index contributed by atoms with van der Waals surface area (Å²) in [7, 11) is 0. The second-order valence-electron chi connectivity index (χ2n) is 5.91. The van der Waals surface area contributed by atoms with Crippen molar-refractivity contribution in [1.29, 1.82) is 0 Å². The van der Waals surface area contributed by atoms with E-state index >= 15 is 0 Å². The molecule has 1 saturated carbocycles. The number of allylic oxidation sites excluding steroid dienone is 2. The number of carboxylic acid groups (broad SMARTS) is 1. The smallest absolute Gasteiger partial charge is 0.331 e. The first kappa shape index (κ1) is 12.4. The van der Waals surface area contributed by atoms with Gasteiger partial charge in [0.05, 0.1) is 0 Å². The maximum Gasteiger partial charge on any atom is 0.331 e. The normalized spacial score (nSPS) is 36.9. The highest BCUT2D eigenvalue weighted by Gasteiger charge is 2.42. The van der Waals surface area contributed by atoms with E-state index in [0.29, 0.717) is 11.5 Å². The van der Waals surface area contributed by atoms with Crippen molar-refractivity contribution in [3.8, 4) is 0 Å². The van der Waals surface area contributed by atoms with Crippen molar-refractivity contribution in [2.24, 2.45) is 17.3 Å². The van der Waals surface area contributed by atoms with E-state index in [1.807, 2.05) is 0 Å². The Bertz CT molecular complexity index is 380. The first-order valence-corrected chi connectivity index (χ1v) is 6.56. The predicted octanol–water partition coefficient (Wildman–Crippen LogP) is 3.79. The van der Waals surface area contributed by atoms with Crippen molar-refractivity contribution in [3.05, 3.63) is 23.8 Å². The van der Waals surface area contributed by atoms with Crippen molar-refractivity contribution >= 4 is 5.97 Å². The van der Waals surface area contributed by atoms with E-state index in [1.54, 1.807) is 5.57 Å². The average molecular weight is 234 g/mol. The number of rotatable bonds is 2. The SMILES string of the molecule is C=C(C(=O)O)[C@H]1CC=C2CCC[C@H](C)[C@@]2(C)C1. The molecule has 1 fully saturated rings. The van der Waals surface area contributed by atoms with Crippen LogP contribution >= 0.6 is 0 Å². The summed E-state index contributed by atoms with van der Waals surface area (Å²) in [5, 5.41) is 9.06. The average Bonchev–Trinajstić information content (AvgIpc) is 2.29. The molecule has 0 heterocycles. The van der Waals surface area contributed by atoms with Gasteiger partial charge in [-0.05, 0) is 49.4 Å². The van der Waals surface area contributed by atoms with Crippen LogP contribution < -0.4 is 0 Å². The molecule has 1 N–H and O–H groups in total. The molecule has 0 aromatic heterocycles. The lowest BCUT2D eigenvalue weighted by Crippen LogP contribution is -2.37. The lowest BCUT2D eigenvalue weighted by Gasteiger charge is -2.47. The molecule has 94 valence electrons. The largest absolute Gasteiger partial charge is 0.478 e. The molecule has 0 radical (unpaired) electrons. The maximum atomic E-state index is 11.0. The van der Waals surface area contributed by atoms with Crippen molar-refractivity contribution in [2.75, 3.05) is 0 Å². The summed E-state index contributed by atoms with van der Waals surface area (Å²) in [5.74, 6) is -0.0485. The molecule has 2 rings (SSSR count). The number of fused-ring (bicyclic) bond motifs is 1. The lowest BCUT2D eigenvalue weighted by molar-refractivity contribution is -0.133. The summed E-state index contributed by atoms with van der Waals surface area (Å²) >= 11 is 0. The first-order chi connectivity index (χ1) is 7.95. The molecule has 0 amide bonds. The molecule has 2 aliphatic carbocycles. The van der Waals surface area contributed by atoms with Crippen LogP contribution in [0.2, 0.25) is 0 Å². The molecular formula is C15H22O2. The zero-order valence-corrected chi connectivity index (χ0v) is 10.8. The lowest BCUT2D eigenvalue weighted by atomic mass is 9.58. The van der Waals surface area contributed by atoms with Crippen LogP contribution in [0.4, 0.5) is 0 Å². The highest BCUT2D eigenvalue weighted by molar-refractivity contribution is 5.86. The Balaban J connectivity index is 2.23. The fraction of sp³-hybridized carbons (Fsp3) is 0.667. The molecule has 0 bridgehead atoms. The monoisotopic (exact) mass is 234 g/mol. The third-order valence-electron chi connectivity index (χ3n) is 4.99. The van der Waals surface area contributed by atoms with E-state index in [4.69, 9.17) is 5.11 Å². The second-order valence-corrected chi connectivity index (χ2v) is 5.91. The predicted molar refractivity (Wildman–Crippen MR) is 68.7 cm³/mol. The zero-order valence-electron chi connectivity index (χ0n) is 10.8. The van der Waals surface area contributed by atoms with Gasteiger partial charge in [0.25, 0.3) is 0 Å². The fourth-order valence-electron chi connectivity index (χ4n) is 3.51. The maximum absolute atomic E-state index is 11.0. The van der Waals surface area contributed by atoms with Gasteiger partial charge >= 0.3 is 5.97 Å². The van der Waals surface area contributed by atoms with Crippen LogP contribution in [0.3, 0.4) is 0 Å². The Morgan fingerprint density at radius 2 is 2.29 bits per heavy atom. The molecule has 0 spiro atoms. The Labute approximate surface area is 103 Å². The minimum absolute atomic E-state index is 0.127. The summed E-state index contributed by atoms with van der Waals surface area (Å²) in [5.41, 5.74) is 2.16. The Morgan fingerprint density at radius 3 is 2.94 bits per heavy atom.